The van der Waals surface area contributed by atoms with E-state index < -0.39 is 0 Å². The number of nitrogens with one attached hydrogen (secondary N) is 1. The van der Waals surface area contributed by atoms with Crippen LogP contribution in [0, 0.1) is 0 Å². The van der Waals surface area contributed by atoms with Crippen LogP contribution in [-0.2, 0) is 4.74 Å². The van der Waals surface area contributed by atoms with E-state index in [1.165, 1.54) is 4.68 Å². The summed E-state index contributed by atoms with van der Waals surface area (Å²) in [6.07, 6.45) is 2.87. The third-order valence-corrected chi connectivity index (χ3v) is 3.25. The number of aromatic nitrogens is 3. The highest BCUT2D eigenvalue weighted by molar-refractivity contribution is 5.84. The number of nitrogens with zero attached hydrogens (tertiary/aromatic N) is 3. The molecular formula is C15H16N4O2. The van der Waals surface area contributed by atoms with Gasteiger partial charge in [0.1, 0.15) is 0 Å². The summed E-state index contributed by atoms with van der Waals surface area (Å²) in [5, 5.41) is 7.47. The van der Waals surface area contributed by atoms with Crippen LogP contribution in [0.2, 0.25) is 0 Å². The van der Waals surface area contributed by atoms with Gasteiger partial charge in [-0.2, -0.15) is 9.67 Å². The zero-order chi connectivity index (χ0) is 14.7. The van der Waals surface area contributed by atoms with E-state index in [-0.39, 0.29) is 5.91 Å². The Kier molecular flexibility index (Phi) is 3.79. The fraction of sp³-hybridized carbons (Fsp3) is 0.267. The normalized spacial score (nSPS) is 14.1. The molecule has 0 radical (unpaired) electrons. The van der Waals surface area contributed by atoms with Gasteiger partial charge in [-0.3, -0.25) is 4.79 Å². The maximum atomic E-state index is 12.1. The summed E-state index contributed by atoms with van der Waals surface area (Å²) in [7, 11) is 1.65. The molecule has 1 aromatic carbocycles. The molecule has 1 aromatic heterocycles. The van der Waals surface area contributed by atoms with Crippen molar-refractivity contribution in [2.45, 2.75) is 12.8 Å². The lowest BCUT2D eigenvalue weighted by Gasteiger charge is -2.06. The lowest BCUT2D eigenvalue weighted by Crippen LogP contribution is -2.12. The van der Waals surface area contributed by atoms with Gasteiger partial charge >= 0.3 is 0 Å². The molecule has 0 aliphatic carbocycles. The maximum absolute atomic E-state index is 12.1. The molecule has 6 nitrogen and oxygen atoms in total. The molecule has 3 rings (SSSR count). The van der Waals surface area contributed by atoms with Gasteiger partial charge in [-0.05, 0) is 0 Å². The Morgan fingerprint density at radius 1 is 1.33 bits per heavy atom. The fourth-order valence-corrected chi connectivity index (χ4v) is 2.14. The average molecular weight is 284 g/mol. The van der Waals surface area contributed by atoms with E-state index in [1.54, 1.807) is 7.11 Å². The first kappa shape index (κ1) is 13.5. The lowest BCUT2D eigenvalue weighted by molar-refractivity contribution is 0.0905. The number of fused-ring (bicyclic) bond motifs is 1. The molecule has 0 fully saturated rings. The van der Waals surface area contributed by atoms with Crippen molar-refractivity contribution in [2.75, 3.05) is 19.0 Å². The molecule has 108 valence electrons. The molecular weight excluding hydrogens is 268 g/mol. The van der Waals surface area contributed by atoms with E-state index in [2.05, 4.69) is 15.4 Å². The van der Waals surface area contributed by atoms with Crippen molar-refractivity contribution in [3.63, 3.8) is 0 Å². The van der Waals surface area contributed by atoms with Crippen molar-refractivity contribution in [1.82, 2.24) is 14.8 Å². The Labute approximate surface area is 122 Å². The molecule has 0 saturated carbocycles. The van der Waals surface area contributed by atoms with Crippen LogP contribution in [0.15, 0.2) is 42.1 Å². The first-order valence-corrected chi connectivity index (χ1v) is 6.78. The molecule has 1 aliphatic heterocycles. The van der Waals surface area contributed by atoms with Crippen LogP contribution in [0.3, 0.4) is 0 Å². The number of anilines is 1. The maximum Gasteiger partial charge on any atom is 0.253 e. The van der Waals surface area contributed by atoms with Gasteiger partial charge < -0.3 is 10.1 Å². The van der Waals surface area contributed by atoms with Gasteiger partial charge in [0, 0.05) is 31.2 Å². The second kappa shape index (κ2) is 5.88. The highest BCUT2D eigenvalue weighted by Crippen LogP contribution is 2.21. The van der Waals surface area contributed by atoms with Gasteiger partial charge in [0.05, 0.1) is 6.61 Å². The summed E-state index contributed by atoms with van der Waals surface area (Å²) < 4.78 is 6.40. The number of methoxy groups -OCH3 is 1. The third kappa shape index (κ3) is 2.85. The Bertz CT molecular complexity index is 676. The lowest BCUT2D eigenvalue weighted by atomic mass is 10.2. The van der Waals surface area contributed by atoms with Crippen LogP contribution in [-0.4, -0.2) is 34.4 Å². The summed E-state index contributed by atoms with van der Waals surface area (Å²) in [6, 6.07) is 9.60. The largest absolute Gasteiger partial charge is 0.384 e. The van der Waals surface area contributed by atoms with Crippen LogP contribution in [0.4, 0.5) is 5.95 Å². The molecule has 2 heterocycles. The number of allylic oxidation sites excluding steroid dienone is 1. The number of benzene rings is 1. The van der Waals surface area contributed by atoms with Gasteiger partial charge in [-0.1, -0.05) is 36.4 Å². The minimum absolute atomic E-state index is 0.0976. The van der Waals surface area contributed by atoms with E-state index in [4.69, 9.17) is 4.74 Å². The summed E-state index contributed by atoms with van der Waals surface area (Å²) in [5.74, 6) is 0.901. The summed E-state index contributed by atoms with van der Waals surface area (Å²) in [4.78, 5) is 16.5. The summed E-state index contributed by atoms with van der Waals surface area (Å²) in [6.45, 7) is 0.590. The van der Waals surface area contributed by atoms with Crippen LogP contribution >= 0.6 is 0 Å². The minimum atomic E-state index is -0.0976. The molecule has 1 aliphatic rings. The predicted molar refractivity (Wildman–Crippen MR) is 78.9 cm³/mol. The van der Waals surface area contributed by atoms with E-state index in [0.29, 0.717) is 31.2 Å². The standard InChI is InChI=1S/C15H16N4O2/c1-21-10-9-12-7-8-13(20)19-15(16-12)17-14(18-19)11-5-3-2-4-6-11/h2-7H,8-10H2,1H3,(H,16,17,18). The molecule has 6 heteroatoms. The molecule has 0 saturated heterocycles. The SMILES string of the molecule is COCCC1=CCC(=O)n2nc(-c3ccccc3)nc2N1. The number of hydrogen-bond acceptors (Lipinski definition) is 5. The van der Waals surface area contributed by atoms with Crippen molar-refractivity contribution in [2.24, 2.45) is 0 Å². The topological polar surface area (TPSA) is 69.0 Å². The summed E-state index contributed by atoms with van der Waals surface area (Å²) in [5.41, 5.74) is 1.81. The quantitative estimate of drug-likeness (QED) is 0.933. The van der Waals surface area contributed by atoms with Gasteiger partial charge in [0.2, 0.25) is 5.95 Å². The predicted octanol–water partition coefficient (Wildman–Crippen LogP) is 2.32. The Hall–Kier alpha value is -2.47. The number of rotatable bonds is 4. The van der Waals surface area contributed by atoms with Crippen LogP contribution in [0.25, 0.3) is 11.4 Å². The minimum Gasteiger partial charge on any atom is -0.384 e. The van der Waals surface area contributed by atoms with Crippen LogP contribution in [0.1, 0.15) is 17.6 Å². The highest BCUT2D eigenvalue weighted by Gasteiger charge is 2.20. The second-order valence-corrected chi connectivity index (χ2v) is 4.73. The first-order chi connectivity index (χ1) is 10.3. The Morgan fingerprint density at radius 2 is 2.14 bits per heavy atom. The average Bonchev–Trinajstić information content (AvgIpc) is 2.88. The van der Waals surface area contributed by atoms with Crippen LogP contribution < -0.4 is 5.32 Å². The summed E-state index contributed by atoms with van der Waals surface area (Å²) >= 11 is 0. The van der Waals surface area contributed by atoms with Crippen molar-refractivity contribution in [3.05, 3.63) is 42.1 Å². The van der Waals surface area contributed by atoms with Crippen molar-refractivity contribution in [3.8, 4) is 11.4 Å². The van der Waals surface area contributed by atoms with Crippen molar-refractivity contribution in [1.29, 1.82) is 0 Å². The molecule has 21 heavy (non-hydrogen) atoms. The van der Waals surface area contributed by atoms with Gasteiger partial charge in [-0.15, -0.1) is 5.10 Å². The first-order valence-electron chi connectivity index (χ1n) is 6.78. The molecule has 2 aromatic rings. The van der Waals surface area contributed by atoms with Crippen molar-refractivity contribution >= 4 is 11.9 Å². The molecule has 0 unspecified atom stereocenters. The second-order valence-electron chi connectivity index (χ2n) is 4.73. The molecule has 0 amide bonds. The van der Waals surface area contributed by atoms with Gasteiger partial charge in [-0.25, -0.2) is 0 Å². The molecule has 0 spiro atoms. The Morgan fingerprint density at radius 3 is 2.90 bits per heavy atom. The number of hydrogen-bond donors (Lipinski definition) is 1. The molecule has 1 N–H and O–H groups in total. The van der Waals surface area contributed by atoms with Crippen LogP contribution in [0.5, 0.6) is 0 Å². The Balaban J connectivity index is 1.91. The number of carbonyl (C=O) groups excluding carboxylic acids is 1. The van der Waals surface area contributed by atoms with Gasteiger partial charge in [0.15, 0.2) is 5.82 Å². The smallest absolute Gasteiger partial charge is 0.253 e. The van der Waals surface area contributed by atoms with Gasteiger partial charge in [0.25, 0.3) is 5.91 Å². The monoisotopic (exact) mass is 284 g/mol. The third-order valence-electron chi connectivity index (χ3n) is 3.25. The van der Waals surface area contributed by atoms with E-state index >= 15 is 0 Å². The molecule has 0 atom stereocenters. The van der Waals surface area contributed by atoms with E-state index in [0.717, 1.165) is 11.3 Å². The van der Waals surface area contributed by atoms with E-state index in [1.807, 2.05) is 36.4 Å². The zero-order valence-electron chi connectivity index (χ0n) is 11.7. The highest BCUT2D eigenvalue weighted by atomic mass is 16.5. The van der Waals surface area contributed by atoms with E-state index in [9.17, 15) is 4.79 Å². The number of ether oxygens (including phenoxy) is 1. The zero-order valence-corrected chi connectivity index (χ0v) is 11.7. The number of carbonyl (C=O) groups is 1. The molecule has 0 bridgehead atoms. The van der Waals surface area contributed by atoms with Crippen molar-refractivity contribution < 1.29 is 9.53 Å². The fourth-order valence-electron chi connectivity index (χ4n) is 2.14.